The van der Waals surface area contributed by atoms with E-state index in [1.165, 1.54) is 11.1 Å². The third-order valence-corrected chi connectivity index (χ3v) is 29.1. The van der Waals surface area contributed by atoms with E-state index in [1.54, 1.807) is 0 Å². The lowest BCUT2D eigenvalue weighted by atomic mass is 8.19. The molecule has 0 aliphatic rings. The molecule has 0 spiro atoms. The molecule has 0 saturated carbocycles. The van der Waals surface area contributed by atoms with E-state index in [4.69, 9.17) is 385 Å². The Kier molecular flexibility index (Phi) is 54.7. The van der Waals surface area contributed by atoms with Gasteiger partial charge in [-0.25, -0.2) is 0 Å². The average molecular weight is 1680 g/mol. The van der Waals surface area contributed by atoms with Crippen LogP contribution in [0.2, 0.25) is 5.02 Å². The van der Waals surface area contributed by atoms with Crippen molar-refractivity contribution in [3.8, 4) is 67.3 Å². The summed E-state index contributed by atoms with van der Waals surface area (Å²) in [7, 11) is 330. The van der Waals surface area contributed by atoms with Crippen molar-refractivity contribution in [1.82, 2.24) is 19.9 Å². The maximum Gasteiger partial charge on any atom is 0.0780 e. The van der Waals surface area contributed by atoms with E-state index in [-0.39, 0.29) is 10.8 Å². The molecular weight excluding hydrogens is 1640 g/mol. The first-order chi connectivity index (χ1) is 66.2. The Morgan fingerprint density at radius 1 is 0.182 bits per heavy atom. The molecule has 0 fully saturated rings. The smallest absolute Gasteiger partial charge is 0.0780 e. The minimum absolute atomic E-state index is 0.0499. The van der Waals surface area contributed by atoms with Crippen LogP contribution in [0.15, 0.2) is 140 Å². The van der Waals surface area contributed by atoms with Crippen molar-refractivity contribution >= 4 is 663 Å². The number of rotatable bonds is 50. The van der Waals surface area contributed by atoms with Crippen LogP contribution in [-0.2, 0) is 10.8 Å². The molecule has 97 heteroatoms. The summed E-state index contributed by atoms with van der Waals surface area (Å²) in [6, 6.07) is 39.8. The van der Waals surface area contributed by atoms with Gasteiger partial charge in [-0.3, -0.25) is 19.9 Å². The molecule has 528 valence electrons. The van der Waals surface area contributed by atoms with E-state index in [1.807, 2.05) is 49.1 Å². The molecule has 0 aliphatic heterocycles. The highest BCUT2D eigenvalue weighted by Crippen LogP contribution is 2.40. The summed E-state index contributed by atoms with van der Waals surface area (Å²) in [5.41, 5.74) is 14.5. The van der Waals surface area contributed by atoms with Gasteiger partial charge in [0.2, 0.25) is 0 Å². The van der Waals surface area contributed by atoms with Crippen molar-refractivity contribution in [1.29, 1.82) is 0 Å². The Hall–Kier alpha value is 0.524. The second-order valence-electron chi connectivity index (χ2n) is 41.0. The van der Waals surface area contributed by atoms with Gasteiger partial charge in [-0.15, -0.1) is 0 Å². The van der Waals surface area contributed by atoms with Crippen LogP contribution in [0.5, 0.6) is 0 Å². The van der Waals surface area contributed by atoms with Crippen LogP contribution in [0.4, 0.5) is 0 Å². The number of halogens is 1. The van der Waals surface area contributed by atoms with E-state index in [9.17, 15) is 0 Å². The summed E-state index contributed by atoms with van der Waals surface area (Å²) in [5.74, 6) is 0. The predicted molar refractivity (Wildman–Crippen MR) is 742 cm³/mol. The molecule has 0 bridgehead atoms. The van der Waals surface area contributed by atoms with Crippen LogP contribution in [0.3, 0.4) is 0 Å². The van der Waals surface area contributed by atoms with Crippen LogP contribution in [0, 0.1) is 0 Å². The fourth-order valence-corrected chi connectivity index (χ4v) is 23.0. The average Bonchev–Trinajstić information content (AvgIpc) is 0.706. The summed E-state index contributed by atoms with van der Waals surface area (Å²) < 4.78 is 0. The number of benzene rings is 3. The molecule has 7 aromatic rings. The van der Waals surface area contributed by atoms with E-state index in [2.05, 4.69) is 143 Å². The first-order valence-electron chi connectivity index (χ1n) is 47.6. The number of nitrogens with zero attached hydrogens (tertiary/aromatic N) is 4. The molecule has 7 rings (SSSR count). The van der Waals surface area contributed by atoms with Crippen molar-refractivity contribution in [3.05, 3.63) is 156 Å². The van der Waals surface area contributed by atoms with Crippen molar-refractivity contribution in [3.63, 3.8) is 0 Å². The molecule has 3 aromatic carbocycles. The summed E-state index contributed by atoms with van der Waals surface area (Å²) in [6.07, 6.45) is -74.5. The van der Waals surface area contributed by atoms with Crippen molar-refractivity contribution in [2.45, 2.75) is 52.4 Å². The normalized spacial score (nSPS) is 10.5. The summed E-state index contributed by atoms with van der Waals surface area (Å²) in [5, 5.41) is 0.646. The maximum absolute atomic E-state index is 7.61. The van der Waals surface area contributed by atoms with E-state index in [0.29, 0.717) is 5.02 Å². The number of pyridine rings is 4. The van der Waals surface area contributed by atoms with Crippen LogP contribution in [0.1, 0.15) is 52.7 Å². The van der Waals surface area contributed by atoms with Crippen molar-refractivity contribution in [2.75, 3.05) is 0 Å². The predicted octanol–water partition coefficient (Wildman–Crippen LogP) is -22.5. The largest absolute Gasteiger partial charge is 0.256 e. The SMILES string of the molecule is CC(C)(C)c1ccnc(-c2ccc(-c3ncccc3-c3cc(Cl)cc(-c4cccnc4-c4ccc(-c5cc(C(C)(C)C)ccn5)cc4)c3)cc2)c1.[B]B([B])B([B])B(B(B([B])[B])B([B])[B])B(B(B(B([B])[B])B([B])[B])B(B([B])[B])B([B])[B])B(B(B(B(B([B])[B])B([B])[B])B(B([B])[B])B([B])[B])B(B(B([B])[B])B([B])[B])B(B([B])[B])B([B])[B])B(B(B(B([B])[B])B([B])[B])B(B([B])[B])B([B])[B])B(B(B([B])[B])B([B])[B])B(B([B])[B])B([B])[B]. The first-order valence-corrected chi connectivity index (χ1v) is 48.0. The molecule has 0 unspecified atom stereocenters. The lowest BCUT2D eigenvalue weighted by Gasteiger charge is -2.62. The van der Waals surface area contributed by atoms with Gasteiger partial charge in [0.15, 0.2) is 0 Å². The first kappa shape index (κ1) is 132. The molecule has 0 N–H and O–H groups in total. The highest BCUT2D eigenvalue weighted by molar-refractivity contribution is 8.43. The number of hydrogen-bond donors (Lipinski definition) is 0. The fraction of sp³-hybridized carbons (Fsp3) is 0.174. The molecule has 0 atom stereocenters. The molecule has 0 aliphatic carbocycles. The second kappa shape index (κ2) is 59.2. The molecule has 0 amide bonds. The minimum Gasteiger partial charge on any atom is -0.256 e. The van der Waals surface area contributed by atoms with Crippen LogP contribution in [0.25, 0.3) is 67.3 Å². The van der Waals surface area contributed by atoms with Gasteiger partial charge in [0.25, 0.3) is 0 Å². The van der Waals surface area contributed by atoms with Gasteiger partial charge in [-0.2, -0.15) is 0 Å². The Morgan fingerprint density at radius 3 is 0.552 bits per heavy atom. The zero-order valence-corrected chi connectivity index (χ0v) is 83.8. The van der Waals surface area contributed by atoms with Crippen LogP contribution in [-0.4, -0.2) is 671 Å². The molecular formula is C46H41B92ClN4. The van der Waals surface area contributed by atoms with Gasteiger partial charge in [-0.1, -0.05) is 114 Å². The highest BCUT2D eigenvalue weighted by Gasteiger charge is 2.68. The van der Waals surface area contributed by atoms with Gasteiger partial charge in [-0.05, 0) is 87.7 Å². The van der Waals surface area contributed by atoms with E-state index >= 15 is 0 Å². The molecule has 4 nitrogen and oxygen atoms in total. The molecule has 143 heavy (non-hydrogen) atoms. The Morgan fingerprint density at radius 2 is 0.364 bits per heavy atom. The zero-order chi connectivity index (χ0) is 109. The van der Waals surface area contributed by atoms with Gasteiger partial charge >= 0.3 is 0 Å². The topological polar surface area (TPSA) is 51.6 Å². The minimum atomic E-state index is -2.18. The lowest BCUT2D eigenvalue weighted by molar-refractivity contribution is 0.589. The van der Waals surface area contributed by atoms with E-state index in [0.717, 1.165) is 67.3 Å². The molecule has 0 saturated heterocycles. The van der Waals surface area contributed by atoms with Gasteiger partial charge < -0.3 is 0 Å². The van der Waals surface area contributed by atoms with Gasteiger partial charge in [0.1, 0.15) is 0 Å². The third-order valence-electron chi connectivity index (χ3n) is 28.9. The van der Waals surface area contributed by atoms with Crippen molar-refractivity contribution in [2.24, 2.45) is 0 Å². The highest BCUT2D eigenvalue weighted by atomic mass is 35.5. The van der Waals surface area contributed by atoms with Gasteiger partial charge in [0.05, 0.1) is 22.8 Å². The number of hydrogen-bond acceptors (Lipinski definition) is 4. The molecule has 4 heterocycles. The summed E-state index contributed by atoms with van der Waals surface area (Å²) in [6.45, 7) is 13.3. The molecule has 4 aromatic heterocycles. The standard InChI is InChI=1S/C46H41ClN4.B92/c1-45(2,3)36-19-23-48-41(28-36)30-11-15-32(16-12-30)43-39(9-7-21-50-43)34-25-35(27-38(47)26-34)40-10-8-22-51-44(40)33-17-13-31(14-18-33)42-29-37(20-24-49-42)46(4,5)6;1-48(2)71(47)83(72(49(3)4)50(5)6)89(84(73(51(7)8)52(9)10)74(53(11)12)54(13)14)92(90(85(75(55(15)16)56(17)18)76(57(19)20)58(21)22)86(77(59(23)24)60(25)26)78(61(27)28)62(29)30)91(87(79(63(31)32)64(33)34)80(65(35)36)66(37)38)88(81(67(39)40)68(41)42)82(69(43)44)70(45)46/h7-29H,1-6H3;. The quantitative estimate of drug-likeness (QED) is 0.0357. The van der Waals surface area contributed by atoms with Crippen LogP contribution < -0.4 is 0 Å². The Balaban J connectivity index is 0.000000508. The van der Waals surface area contributed by atoms with Crippen molar-refractivity contribution < 1.29 is 0 Å². The maximum atomic E-state index is 7.61. The van der Waals surface area contributed by atoms with Crippen LogP contribution >= 0.6 is 11.6 Å². The summed E-state index contributed by atoms with van der Waals surface area (Å²) >= 11 is 6.86. The zero-order valence-electron chi connectivity index (χ0n) is 83.1. The number of aromatic nitrogens is 4. The van der Waals surface area contributed by atoms with E-state index < -0.39 is 287 Å². The second-order valence-corrected chi connectivity index (χ2v) is 41.5. The summed E-state index contributed by atoms with van der Waals surface area (Å²) in [4.78, 5) is 19.0. The Labute approximate surface area is 948 Å². The fourth-order valence-electron chi connectivity index (χ4n) is 22.8. The third kappa shape index (κ3) is 34.3. The monoisotopic (exact) mass is 1700 g/mol. The Bertz CT molecular complexity index is 4400. The molecule has 94 radical (unpaired) electrons. The van der Waals surface area contributed by atoms with Gasteiger partial charge in [0, 0.05) is 714 Å². The lowest BCUT2D eigenvalue weighted by Crippen LogP contribution is -3.01.